The van der Waals surface area contributed by atoms with Crippen LogP contribution in [-0.4, -0.2) is 14.5 Å². The predicted molar refractivity (Wildman–Crippen MR) is 69.0 cm³/mol. The molecule has 1 aromatic rings. The van der Waals surface area contributed by atoms with E-state index in [1.54, 1.807) is 18.2 Å². The Balaban J connectivity index is 3.03. The molecule has 0 saturated heterocycles. The van der Waals surface area contributed by atoms with Gasteiger partial charge in [0.25, 0.3) is 0 Å². The largest absolute Gasteiger partial charge is 0.240 e. The Morgan fingerprint density at radius 2 is 2.06 bits per heavy atom. The molecule has 1 aromatic carbocycles. The van der Waals surface area contributed by atoms with Gasteiger partial charge in [0.2, 0.25) is 10.0 Å². The molecule has 0 aliphatic carbocycles. The third-order valence-electron chi connectivity index (χ3n) is 2.41. The standard InChI is InChI=1S/C11H16BrNO2S/c1-4-9(3)13-16(14,15)10-5-6-11(12)8(2)7-10/h5-7,9,13H,4H2,1-3H3. The third kappa shape index (κ3) is 3.30. The molecular formula is C11H16BrNO2S. The summed E-state index contributed by atoms with van der Waals surface area (Å²) in [6.45, 7) is 5.66. The van der Waals surface area contributed by atoms with Crippen molar-refractivity contribution in [3.05, 3.63) is 28.2 Å². The van der Waals surface area contributed by atoms with Crippen LogP contribution in [0.2, 0.25) is 0 Å². The molecule has 0 aromatic heterocycles. The predicted octanol–water partition coefficient (Wildman–Crippen LogP) is 2.83. The van der Waals surface area contributed by atoms with Gasteiger partial charge in [0.15, 0.2) is 0 Å². The van der Waals surface area contributed by atoms with Crippen LogP contribution in [-0.2, 0) is 10.0 Å². The van der Waals surface area contributed by atoms with Crippen LogP contribution in [0.1, 0.15) is 25.8 Å². The lowest BCUT2D eigenvalue weighted by Gasteiger charge is -2.12. The number of hydrogen-bond acceptors (Lipinski definition) is 2. The first-order chi connectivity index (χ1) is 7.36. The highest BCUT2D eigenvalue weighted by Crippen LogP contribution is 2.20. The number of nitrogens with one attached hydrogen (secondary N) is 1. The van der Waals surface area contributed by atoms with Crippen LogP contribution in [0.15, 0.2) is 27.6 Å². The quantitative estimate of drug-likeness (QED) is 0.930. The Hall–Kier alpha value is -0.390. The highest BCUT2D eigenvalue weighted by atomic mass is 79.9. The number of halogens is 1. The molecule has 0 aliphatic heterocycles. The van der Waals surface area contributed by atoms with E-state index in [4.69, 9.17) is 0 Å². The Morgan fingerprint density at radius 1 is 1.44 bits per heavy atom. The molecule has 1 unspecified atom stereocenters. The van der Waals surface area contributed by atoms with E-state index in [-0.39, 0.29) is 6.04 Å². The molecule has 0 radical (unpaired) electrons. The van der Waals surface area contributed by atoms with Gasteiger partial charge in [-0.25, -0.2) is 13.1 Å². The highest BCUT2D eigenvalue weighted by molar-refractivity contribution is 9.10. The van der Waals surface area contributed by atoms with E-state index >= 15 is 0 Å². The summed E-state index contributed by atoms with van der Waals surface area (Å²) in [5, 5.41) is 0. The van der Waals surface area contributed by atoms with Crippen LogP contribution in [0.25, 0.3) is 0 Å². The Kier molecular flexibility index (Phi) is 4.52. The van der Waals surface area contributed by atoms with Gasteiger partial charge in [0, 0.05) is 10.5 Å². The fraction of sp³-hybridized carbons (Fsp3) is 0.455. The van der Waals surface area contributed by atoms with Crippen LogP contribution in [0, 0.1) is 6.92 Å². The van der Waals surface area contributed by atoms with Gasteiger partial charge < -0.3 is 0 Å². The first kappa shape index (κ1) is 13.7. The lowest BCUT2D eigenvalue weighted by Crippen LogP contribution is -2.32. The second kappa shape index (κ2) is 5.29. The monoisotopic (exact) mass is 305 g/mol. The molecular weight excluding hydrogens is 290 g/mol. The highest BCUT2D eigenvalue weighted by Gasteiger charge is 2.16. The molecule has 1 atom stereocenters. The average molecular weight is 306 g/mol. The summed E-state index contributed by atoms with van der Waals surface area (Å²) in [4.78, 5) is 0.313. The summed E-state index contributed by atoms with van der Waals surface area (Å²) in [6.07, 6.45) is 0.773. The van der Waals surface area contributed by atoms with Gasteiger partial charge in [-0.2, -0.15) is 0 Å². The van der Waals surface area contributed by atoms with Crippen molar-refractivity contribution in [3.8, 4) is 0 Å². The van der Waals surface area contributed by atoms with E-state index in [2.05, 4.69) is 20.7 Å². The van der Waals surface area contributed by atoms with Crippen molar-refractivity contribution in [1.29, 1.82) is 0 Å². The maximum atomic E-state index is 11.9. The molecule has 0 bridgehead atoms. The molecule has 5 heteroatoms. The number of rotatable bonds is 4. The van der Waals surface area contributed by atoms with Gasteiger partial charge in [-0.05, 0) is 44.0 Å². The van der Waals surface area contributed by atoms with Crippen LogP contribution in [0.3, 0.4) is 0 Å². The van der Waals surface area contributed by atoms with Crippen molar-refractivity contribution < 1.29 is 8.42 Å². The molecule has 0 spiro atoms. The van der Waals surface area contributed by atoms with Crippen LogP contribution >= 0.6 is 15.9 Å². The molecule has 0 aliphatic rings. The maximum Gasteiger partial charge on any atom is 0.240 e. The summed E-state index contributed by atoms with van der Waals surface area (Å²) in [5.74, 6) is 0. The number of aryl methyl sites for hydroxylation is 1. The maximum absolute atomic E-state index is 11.9. The lowest BCUT2D eigenvalue weighted by molar-refractivity contribution is 0.556. The molecule has 1 rings (SSSR count). The minimum Gasteiger partial charge on any atom is -0.208 e. The van der Waals surface area contributed by atoms with Crippen LogP contribution in [0.5, 0.6) is 0 Å². The van der Waals surface area contributed by atoms with Crippen molar-refractivity contribution in [2.45, 2.75) is 38.1 Å². The smallest absolute Gasteiger partial charge is 0.208 e. The van der Waals surface area contributed by atoms with E-state index in [1.165, 1.54) is 0 Å². The van der Waals surface area contributed by atoms with Crippen molar-refractivity contribution in [2.24, 2.45) is 0 Å². The van der Waals surface area contributed by atoms with Crippen molar-refractivity contribution >= 4 is 26.0 Å². The summed E-state index contributed by atoms with van der Waals surface area (Å²) >= 11 is 3.35. The van der Waals surface area contributed by atoms with Gasteiger partial charge >= 0.3 is 0 Å². The number of hydrogen-bond donors (Lipinski definition) is 1. The molecule has 0 amide bonds. The van der Waals surface area contributed by atoms with E-state index in [0.717, 1.165) is 16.5 Å². The summed E-state index contributed by atoms with van der Waals surface area (Å²) < 4.78 is 27.4. The second-order valence-corrected chi connectivity index (χ2v) is 6.41. The Labute approximate surface area is 105 Å². The first-order valence-corrected chi connectivity index (χ1v) is 7.43. The van der Waals surface area contributed by atoms with E-state index in [0.29, 0.717) is 4.90 Å². The number of sulfonamides is 1. The Morgan fingerprint density at radius 3 is 2.56 bits per heavy atom. The molecule has 16 heavy (non-hydrogen) atoms. The fourth-order valence-corrected chi connectivity index (χ4v) is 2.86. The average Bonchev–Trinajstić information content (AvgIpc) is 2.21. The molecule has 0 saturated carbocycles. The zero-order valence-electron chi connectivity index (χ0n) is 9.62. The molecule has 0 fully saturated rings. The minimum absolute atomic E-state index is 0.0473. The van der Waals surface area contributed by atoms with Crippen LogP contribution in [0.4, 0.5) is 0 Å². The van der Waals surface area contributed by atoms with Gasteiger partial charge in [0.05, 0.1) is 4.90 Å². The topological polar surface area (TPSA) is 46.2 Å². The summed E-state index contributed by atoms with van der Waals surface area (Å²) in [7, 11) is -3.38. The fourth-order valence-electron chi connectivity index (χ4n) is 1.20. The third-order valence-corrected chi connectivity index (χ3v) is 4.89. The molecule has 0 heterocycles. The number of benzene rings is 1. The molecule has 3 nitrogen and oxygen atoms in total. The first-order valence-electron chi connectivity index (χ1n) is 5.15. The van der Waals surface area contributed by atoms with E-state index in [9.17, 15) is 8.42 Å². The SMILES string of the molecule is CCC(C)NS(=O)(=O)c1ccc(Br)c(C)c1. The van der Waals surface area contributed by atoms with Gasteiger partial charge in [0.1, 0.15) is 0 Å². The van der Waals surface area contributed by atoms with Crippen LogP contribution < -0.4 is 4.72 Å². The van der Waals surface area contributed by atoms with E-state index in [1.807, 2.05) is 20.8 Å². The van der Waals surface area contributed by atoms with Gasteiger partial charge in [-0.15, -0.1) is 0 Å². The van der Waals surface area contributed by atoms with Crippen molar-refractivity contribution in [1.82, 2.24) is 4.72 Å². The zero-order chi connectivity index (χ0) is 12.3. The minimum atomic E-state index is -3.38. The molecule has 1 N–H and O–H groups in total. The van der Waals surface area contributed by atoms with E-state index < -0.39 is 10.0 Å². The lowest BCUT2D eigenvalue weighted by atomic mass is 10.2. The van der Waals surface area contributed by atoms with Gasteiger partial charge in [-0.1, -0.05) is 22.9 Å². The summed E-state index contributed by atoms with van der Waals surface area (Å²) in [5.41, 5.74) is 0.909. The van der Waals surface area contributed by atoms with Crippen molar-refractivity contribution in [2.75, 3.05) is 0 Å². The summed E-state index contributed by atoms with van der Waals surface area (Å²) in [6, 6.07) is 4.96. The Bertz CT molecular complexity index is 471. The second-order valence-electron chi connectivity index (χ2n) is 3.84. The zero-order valence-corrected chi connectivity index (χ0v) is 12.0. The molecule has 90 valence electrons. The normalized spacial score (nSPS) is 13.8. The van der Waals surface area contributed by atoms with Crippen molar-refractivity contribution in [3.63, 3.8) is 0 Å². The van der Waals surface area contributed by atoms with Gasteiger partial charge in [-0.3, -0.25) is 0 Å².